The highest BCUT2D eigenvalue weighted by Gasteiger charge is 2.30. The summed E-state index contributed by atoms with van der Waals surface area (Å²) in [4.78, 5) is 17.3. The third kappa shape index (κ3) is 3.56. The summed E-state index contributed by atoms with van der Waals surface area (Å²) in [5.74, 6) is 0.545. The minimum atomic E-state index is -0.0712. The number of aromatic hydroxyl groups is 1. The monoisotopic (exact) mass is 366 g/mol. The summed E-state index contributed by atoms with van der Waals surface area (Å²) in [7, 11) is 0. The average molecular weight is 366 g/mol. The number of piperidine rings is 1. The number of amides is 1. The lowest BCUT2D eigenvalue weighted by atomic mass is 9.96. The van der Waals surface area contributed by atoms with E-state index in [4.69, 9.17) is 11.5 Å². The largest absolute Gasteiger partial charge is 0.507 e. The standard InChI is InChI=1S/C21H26N4O2/c1-3-19(27)25-11-7-6-9-17(25)20-13(2)15(21(23)24-20)12-16(22)14-8-4-5-10-18(14)26/h3-5,8,10,12,17,24,26H,1,6-7,9,11,22-23H2,2H3/b16-12-. The number of para-hydroxylation sites is 1. The zero-order valence-corrected chi connectivity index (χ0v) is 15.5. The Morgan fingerprint density at radius 1 is 1.37 bits per heavy atom. The van der Waals surface area contributed by atoms with Gasteiger partial charge in [-0.15, -0.1) is 0 Å². The van der Waals surface area contributed by atoms with Crippen molar-refractivity contribution in [1.82, 2.24) is 9.88 Å². The van der Waals surface area contributed by atoms with Crippen molar-refractivity contribution in [2.75, 3.05) is 12.3 Å². The highest BCUT2D eigenvalue weighted by Crippen LogP contribution is 2.36. The molecule has 6 nitrogen and oxygen atoms in total. The molecule has 142 valence electrons. The number of phenols is 1. The Kier molecular flexibility index (Phi) is 5.26. The summed E-state index contributed by atoms with van der Waals surface area (Å²) >= 11 is 0. The van der Waals surface area contributed by atoms with E-state index in [2.05, 4.69) is 11.6 Å². The molecule has 6 N–H and O–H groups in total. The molecule has 1 fully saturated rings. The van der Waals surface area contributed by atoms with Gasteiger partial charge >= 0.3 is 0 Å². The van der Waals surface area contributed by atoms with E-state index in [-0.39, 0.29) is 17.7 Å². The van der Waals surface area contributed by atoms with Crippen LogP contribution in [0.2, 0.25) is 0 Å². The van der Waals surface area contributed by atoms with E-state index >= 15 is 0 Å². The molecular weight excluding hydrogens is 340 g/mol. The van der Waals surface area contributed by atoms with Crippen LogP contribution in [0, 0.1) is 6.92 Å². The molecule has 2 heterocycles. The second-order valence-electron chi connectivity index (χ2n) is 6.86. The zero-order valence-electron chi connectivity index (χ0n) is 15.5. The number of aromatic nitrogens is 1. The Labute approximate surface area is 159 Å². The minimum Gasteiger partial charge on any atom is -0.507 e. The summed E-state index contributed by atoms with van der Waals surface area (Å²) in [5, 5.41) is 10.0. The van der Waals surface area contributed by atoms with Crippen molar-refractivity contribution in [3.8, 4) is 5.75 Å². The number of hydrogen-bond donors (Lipinski definition) is 4. The highest BCUT2D eigenvalue weighted by molar-refractivity contribution is 5.88. The second kappa shape index (κ2) is 7.61. The molecule has 1 unspecified atom stereocenters. The number of phenolic OH excluding ortho intramolecular Hbond substituents is 1. The van der Waals surface area contributed by atoms with Crippen LogP contribution in [-0.4, -0.2) is 27.4 Å². The second-order valence-corrected chi connectivity index (χ2v) is 6.86. The molecule has 0 saturated carbocycles. The Balaban J connectivity index is 1.99. The fourth-order valence-electron chi connectivity index (χ4n) is 3.74. The number of hydrogen-bond acceptors (Lipinski definition) is 4. The summed E-state index contributed by atoms with van der Waals surface area (Å²) in [6, 6.07) is 6.85. The first-order valence-corrected chi connectivity index (χ1v) is 9.10. The van der Waals surface area contributed by atoms with Crippen LogP contribution >= 0.6 is 0 Å². The van der Waals surface area contributed by atoms with Crippen LogP contribution in [0.25, 0.3) is 11.8 Å². The van der Waals surface area contributed by atoms with Gasteiger partial charge in [-0.05, 0) is 56.0 Å². The Hall–Kier alpha value is -3.15. The first-order chi connectivity index (χ1) is 12.9. The predicted molar refractivity (Wildman–Crippen MR) is 109 cm³/mol. The van der Waals surface area contributed by atoms with E-state index in [0.717, 1.165) is 36.1 Å². The molecule has 1 saturated heterocycles. The van der Waals surface area contributed by atoms with E-state index < -0.39 is 0 Å². The van der Waals surface area contributed by atoms with E-state index in [9.17, 15) is 9.90 Å². The summed E-state index contributed by atoms with van der Waals surface area (Å²) in [5.41, 5.74) is 16.1. The number of H-pyrrole nitrogens is 1. The molecule has 0 spiro atoms. The lowest BCUT2D eigenvalue weighted by Gasteiger charge is -2.35. The van der Waals surface area contributed by atoms with Crippen molar-refractivity contribution in [3.63, 3.8) is 0 Å². The lowest BCUT2D eigenvalue weighted by Crippen LogP contribution is -2.37. The fourth-order valence-corrected chi connectivity index (χ4v) is 3.74. The molecule has 3 rings (SSSR count). The smallest absolute Gasteiger partial charge is 0.246 e. The van der Waals surface area contributed by atoms with E-state index in [1.807, 2.05) is 17.9 Å². The lowest BCUT2D eigenvalue weighted by molar-refractivity contribution is -0.129. The number of carbonyl (C=O) groups excluding carboxylic acids is 1. The number of anilines is 1. The number of rotatable bonds is 4. The van der Waals surface area contributed by atoms with Crippen LogP contribution in [0.5, 0.6) is 5.75 Å². The van der Waals surface area contributed by atoms with E-state index in [0.29, 0.717) is 23.6 Å². The third-order valence-electron chi connectivity index (χ3n) is 5.18. The van der Waals surface area contributed by atoms with Crippen LogP contribution < -0.4 is 11.5 Å². The van der Waals surface area contributed by atoms with Gasteiger partial charge in [0.05, 0.1) is 6.04 Å². The number of nitrogen functional groups attached to an aromatic ring is 1. The number of nitrogens with two attached hydrogens (primary N) is 2. The van der Waals surface area contributed by atoms with Crippen molar-refractivity contribution in [3.05, 3.63) is 59.3 Å². The molecular formula is C21H26N4O2. The van der Waals surface area contributed by atoms with Gasteiger partial charge in [-0.3, -0.25) is 4.79 Å². The summed E-state index contributed by atoms with van der Waals surface area (Å²) in [6.45, 7) is 6.29. The van der Waals surface area contributed by atoms with Gasteiger partial charge in [0.2, 0.25) is 5.91 Å². The molecule has 1 aromatic carbocycles. The Morgan fingerprint density at radius 3 is 2.81 bits per heavy atom. The normalized spacial score (nSPS) is 17.7. The topological polar surface area (TPSA) is 108 Å². The van der Waals surface area contributed by atoms with Gasteiger partial charge in [0.1, 0.15) is 11.6 Å². The molecule has 0 radical (unpaired) electrons. The van der Waals surface area contributed by atoms with Crippen molar-refractivity contribution in [2.45, 2.75) is 32.2 Å². The van der Waals surface area contributed by atoms with Gasteiger partial charge in [0, 0.05) is 29.1 Å². The van der Waals surface area contributed by atoms with Crippen molar-refractivity contribution >= 4 is 23.5 Å². The molecule has 0 bridgehead atoms. The van der Waals surface area contributed by atoms with Crippen LogP contribution in [0.1, 0.15) is 47.7 Å². The fraction of sp³-hybridized carbons (Fsp3) is 0.286. The minimum absolute atomic E-state index is 0.0555. The highest BCUT2D eigenvalue weighted by atomic mass is 16.3. The number of nitrogens with zero attached hydrogens (tertiary/aromatic N) is 1. The van der Waals surface area contributed by atoms with Crippen molar-refractivity contribution in [2.24, 2.45) is 5.73 Å². The van der Waals surface area contributed by atoms with Crippen LogP contribution in [0.4, 0.5) is 5.82 Å². The SMILES string of the molecule is C=CC(=O)N1CCCCC1c1[nH]c(N)c(/C=C(\N)c2ccccc2O)c1C. The molecule has 1 aromatic heterocycles. The van der Waals surface area contributed by atoms with Gasteiger partial charge in [-0.25, -0.2) is 0 Å². The number of nitrogens with one attached hydrogen (secondary N) is 1. The number of aromatic amines is 1. The van der Waals surface area contributed by atoms with Gasteiger partial charge < -0.3 is 26.5 Å². The van der Waals surface area contributed by atoms with Crippen LogP contribution in [0.15, 0.2) is 36.9 Å². The summed E-state index contributed by atoms with van der Waals surface area (Å²) in [6.07, 6.45) is 6.03. The maximum atomic E-state index is 12.3. The molecule has 0 aliphatic carbocycles. The maximum absolute atomic E-state index is 12.3. The molecule has 2 aromatic rings. The van der Waals surface area contributed by atoms with Crippen LogP contribution in [0.3, 0.4) is 0 Å². The van der Waals surface area contributed by atoms with Crippen LogP contribution in [-0.2, 0) is 4.79 Å². The van der Waals surface area contributed by atoms with E-state index in [1.165, 1.54) is 6.08 Å². The molecule has 6 heteroatoms. The molecule has 1 aliphatic rings. The van der Waals surface area contributed by atoms with Gasteiger partial charge in [-0.2, -0.15) is 0 Å². The predicted octanol–water partition coefficient (Wildman–Crippen LogP) is 3.31. The number of benzene rings is 1. The maximum Gasteiger partial charge on any atom is 0.246 e. The Bertz CT molecular complexity index is 898. The first kappa shape index (κ1) is 18.6. The third-order valence-corrected chi connectivity index (χ3v) is 5.18. The molecule has 1 aliphatic heterocycles. The average Bonchev–Trinajstić information content (AvgIpc) is 2.95. The van der Waals surface area contributed by atoms with Gasteiger partial charge in [0.15, 0.2) is 0 Å². The van der Waals surface area contributed by atoms with E-state index in [1.54, 1.807) is 24.3 Å². The quantitative estimate of drug-likeness (QED) is 0.623. The molecule has 27 heavy (non-hydrogen) atoms. The van der Waals surface area contributed by atoms with Crippen molar-refractivity contribution < 1.29 is 9.90 Å². The zero-order chi connectivity index (χ0) is 19.6. The Morgan fingerprint density at radius 2 is 2.11 bits per heavy atom. The summed E-state index contributed by atoms with van der Waals surface area (Å²) < 4.78 is 0. The number of carbonyl (C=O) groups is 1. The molecule has 1 amide bonds. The van der Waals surface area contributed by atoms with Gasteiger partial charge in [0.25, 0.3) is 0 Å². The first-order valence-electron chi connectivity index (χ1n) is 9.10. The molecule has 1 atom stereocenters. The van der Waals surface area contributed by atoms with Gasteiger partial charge in [-0.1, -0.05) is 18.7 Å². The van der Waals surface area contributed by atoms with Crippen molar-refractivity contribution in [1.29, 1.82) is 0 Å². The number of likely N-dealkylation sites (tertiary alicyclic amines) is 1.